The summed E-state index contributed by atoms with van der Waals surface area (Å²) in [4.78, 5) is 60.9. The van der Waals surface area contributed by atoms with Crippen LogP contribution in [0.15, 0.2) is 0 Å². The summed E-state index contributed by atoms with van der Waals surface area (Å²) in [6.07, 6.45) is 20.9. The van der Waals surface area contributed by atoms with E-state index in [0.717, 1.165) is 168 Å². The molecule has 1 heterocycles. The first-order valence-electron chi connectivity index (χ1n) is 27.6. The van der Waals surface area contributed by atoms with Gasteiger partial charge in [-0.1, -0.05) is 132 Å². The fourth-order valence-corrected chi connectivity index (χ4v) is 8.67. The molecule has 1 aliphatic heterocycles. The normalized spacial score (nSPS) is 15.4. The molecule has 0 amide bonds. The number of rotatable bonds is 44. The first kappa shape index (κ1) is 61.7. The average Bonchev–Trinajstić information content (AvgIpc) is 3.33. The molecule has 1 fully saturated rings. The van der Waals surface area contributed by atoms with Crippen molar-refractivity contribution in [2.24, 2.45) is 23.7 Å². The number of hydrogen-bond donors (Lipinski definition) is 0. The predicted molar refractivity (Wildman–Crippen MR) is 271 cm³/mol. The van der Waals surface area contributed by atoms with E-state index in [0.29, 0.717) is 102 Å². The molecule has 0 N–H and O–H groups in total. The third-order valence-corrected chi connectivity index (χ3v) is 14.0. The van der Waals surface area contributed by atoms with Gasteiger partial charge >= 0.3 is 23.9 Å². The van der Waals surface area contributed by atoms with E-state index in [2.05, 4.69) is 75.0 Å². The van der Waals surface area contributed by atoms with Gasteiger partial charge < -0.3 is 38.5 Å². The molecule has 12 heteroatoms. The number of nitrogens with zero attached hydrogens (tertiary/aromatic N) is 4. The van der Waals surface area contributed by atoms with Crippen molar-refractivity contribution in [3.05, 3.63) is 0 Å². The van der Waals surface area contributed by atoms with E-state index in [1.165, 1.54) is 0 Å². The van der Waals surface area contributed by atoms with Crippen molar-refractivity contribution >= 4 is 23.9 Å². The van der Waals surface area contributed by atoms with Gasteiger partial charge in [-0.15, -0.1) is 0 Å². The number of hydrogen-bond acceptors (Lipinski definition) is 12. The Hall–Kier alpha value is -2.28. The largest absolute Gasteiger partial charge is 0.465 e. The fourth-order valence-electron chi connectivity index (χ4n) is 8.67. The van der Waals surface area contributed by atoms with Crippen molar-refractivity contribution in [3.8, 4) is 0 Å². The van der Waals surface area contributed by atoms with Crippen LogP contribution in [-0.2, 0) is 38.1 Å². The zero-order valence-electron chi connectivity index (χ0n) is 44.2. The van der Waals surface area contributed by atoms with Crippen LogP contribution in [0.3, 0.4) is 0 Å². The van der Waals surface area contributed by atoms with Gasteiger partial charge in [0, 0.05) is 52.4 Å². The zero-order valence-corrected chi connectivity index (χ0v) is 44.2. The lowest BCUT2D eigenvalue weighted by Gasteiger charge is -2.35. The van der Waals surface area contributed by atoms with E-state index in [1.807, 2.05) is 0 Å². The van der Waals surface area contributed by atoms with Gasteiger partial charge in [-0.05, 0) is 88.4 Å². The van der Waals surface area contributed by atoms with Gasteiger partial charge in [0.25, 0.3) is 0 Å². The molecule has 1 aliphatic rings. The second-order valence-electron chi connectivity index (χ2n) is 19.5. The first-order valence-corrected chi connectivity index (χ1v) is 27.6. The Morgan fingerprint density at radius 3 is 0.833 bits per heavy atom. The molecular weight excluding hydrogens is 833 g/mol. The minimum absolute atomic E-state index is 0.153. The predicted octanol–water partition coefficient (Wildman–Crippen LogP) is 10.6. The molecule has 0 spiro atoms. The summed E-state index contributed by atoms with van der Waals surface area (Å²) >= 11 is 0. The Morgan fingerprint density at radius 2 is 0.621 bits per heavy atom. The molecule has 1 saturated heterocycles. The Labute approximate surface area is 405 Å². The average molecular weight is 937 g/mol. The number of carbonyl (C=O) groups is 4. The summed E-state index contributed by atoms with van der Waals surface area (Å²) in [6, 6.07) is 0. The standard InChI is InChI=1S/C54H104N4O8/c1-9-17-23-47(13-5)43-63-51(59)27-35-55(36-28-52(60)64-44-48(14-6)24-18-10-2)31-21-33-57-39-41-58(42-40-57)34-22-32-56(37-29-53(61)65-45-49(15-7)25-19-11-3)38-30-54(62)66-46-50(16-8)26-20-12-4/h47-50H,9-46H2,1-8H3. The molecule has 0 aromatic rings. The number of carbonyl (C=O) groups excluding carboxylic acids is 4. The number of piperazine rings is 1. The van der Waals surface area contributed by atoms with Crippen molar-refractivity contribution in [2.45, 2.75) is 197 Å². The molecule has 0 aromatic carbocycles. The lowest BCUT2D eigenvalue weighted by Crippen LogP contribution is -2.47. The summed E-state index contributed by atoms with van der Waals surface area (Å²) in [5.41, 5.74) is 0. The highest BCUT2D eigenvalue weighted by Gasteiger charge is 2.21. The quantitative estimate of drug-likeness (QED) is 0.0427. The van der Waals surface area contributed by atoms with Crippen LogP contribution >= 0.6 is 0 Å². The minimum atomic E-state index is -0.153. The third kappa shape index (κ3) is 32.5. The van der Waals surface area contributed by atoms with Crippen molar-refractivity contribution in [3.63, 3.8) is 0 Å². The third-order valence-electron chi connectivity index (χ3n) is 14.0. The van der Waals surface area contributed by atoms with Crippen LogP contribution in [0.25, 0.3) is 0 Å². The second-order valence-corrected chi connectivity index (χ2v) is 19.5. The second kappa shape index (κ2) is 41.7. The Kier molecular flexibility index (Phi) is 39.0. The van der Waals surface area contributed by atoms with Crippen LogP contribution < -0.4 is 0 Å². The molecule has 0 aromatic heterocycles. The summed E-state index contributed by atoms with van der Waals surface area (Å²) in [6.45, 7) is 29.3. The highest BCUT2D eigenvalue weighted by atomic mass is 16.5. The van der Waals surface area contributed by atoms with Crippen LogP contribution in [0.4, 0.5) is 0 Å². The van der Waals surface area contributed by atoms with Crippen molar-refractivity contribution < 1.29 is 38.1 Å². The molecule has 1 rings (SSSR count). The van der Waals surface area contributed by atoms with Crippen LogP contribution in [0.5, 0.6) is 0 Å². The minimum Gasteiger partial charge on any atom is -0.465 e. The van der Waals surface area contributed by atoms with E-state index in [9.17, 15) is 19.2 Å². The highest BCUT2D eigenvalue weighted by molar-refractivity contribution is 5.71. The summed E-state index contributed by atoms with van der Waals surface area (Å²) in [5, 5.41) is 0. The van der Waals surface area contributed by atoms with E-state index < -0.39 is 0 Å². The van der Waals surface area contributed by atoms with Crippen LogP contribution in [0.2, 0.25) is 0 Å². The van der Waals surface area contributed by atoms with E-state index in [4.69, 9.17) is 18.9 Å². The van der Waals surface area contributed by atoms with Crippen LogP contribution in [0.1, 0.15) is 197 Å². The highest BCUT2D eigenvalue weighted by Crippen LogP contribution is 2.17. The molecule has 0 radical (unpaired) electrons. The molecule has 12 nitrogen and oxygen atoms in total. The lowest BCUT2D eigenvalue weighted by atomic mass is 10.0. The Bertz CT molecular complexity index is 1040. The number of ether oxygens (including phenoxy) is 4. The van der Waals surface area contributed by atoms with E-state index in [1.54, 1.807) is 0 Å². The smallest absolute Gasteiger partial charge is 0.307 e. The molecule has 388 valence electrons. The zero-order chi connectivity index (χ0) is 48.6. The Morgan fingerprint density at radius 1 is 0.379 bits per heavy atom. The van der Waals surface area contributed by atoms with Gasteiger partial charge in [-0.3, -0.25) is 19.2 Å². The number of unbranched alkanes of at least 4 members (excludes halogenated alkanes) is 4. The summed E-state index contributed by atoms with van der Waals surface area (Å²) in [7, 11) is 0. The van der Waals surface area contributed by atoms with Crippen molar-refractivity contribution in [1.82, 2.24) is 19.6 Å². The fraction of sp³-hybridized carbons (Fsp3) is 0.926. The Balaban J connectivity index is 2.68. The summed E-state index contributed by atoms with van der Waals surface area (Å²) in [5.74, 6) is 1.06. The maximum atomic E-state index is 12.8. The topological polar surface area (TPSA) is 118 Å². The van der Waals surface area contributed by atoms with Crippen LogP contribution in [0, 0.1) is 23.7 Å². The SMILES string of the molecule is CCCCC(CC)COC(=O)CCN(CCCN1CCN(CCCN(CCC(=O)OCC(CC)CCCC)CCC(=O)OCC(CC)CCCC)CC1)CCC(=O)OCC(CC)CCCC. The lowest BCUT2D eigenvalue weighted by molar-refractivity contribution is -0.147. The maximum Gasteiger partial charge on any atom is 0.307 e. The van der Waals surface area contributed by atoms with Crippen molar-refractivity contribution in [2.75, 3.05) is 105 Å². The summed E-state index contributed by atoms with van der Waals surface area (Å²) < 4.78 is 22.9. The molecule has 0 bridgehead atoms. The molecule has 0 aliphatic carbocycles. The monoisotopic (exact) mass is 937 g/mol. The van der Waals surface area contributed by atoms with Gasteiger partial charge in [0.05, 0.1) is 52.1 Å². The molecule has 4 unspecified atom stereocenters. The molecule has 4 atom stereocenters. The molecule has 66 heavy (non-hydrogen) atoms. The van der Waals surface area contributed by atoms with E-state index in [-0.39, 0.29) is 23.9 Å². The molecule has 0 saturated carbocycles. The van der Waals surface area contributed by atoms with Gasteiger partial charge in [0.1, 0.15) is 0 Å². The van der Waals surface area contributed by atoms with E-state index >= 15 is 0 Å². The van der Waals surface area contributed by atoms with Gasteiger partial charge in [0.2, 0.25) is 0 Å². The number of esters is 4. The maximum absolute atomic E-state index is 12.8. The van der Waals surface area contributed by atoms with Crippen molar-refractivity contribution in [1.29, 1.82) is 0 Å². The van der Waals surface area contributed by atoms with Gasteiger partial charge in [0.15, 0.2) is 0 Å². The van der Waals surface area contributed by atoms with Crippen LogP contribution in [-0.4, -0.2) is 148 Å². The van der Waals surface area contributed by atoms with Gasteiger partial charge in [-0.2, -0.15) is 0 Å². The first-order chi connectivity index (χ1) is 32.0. The molecular formula is C54H104N4O8. The van der Waals surface area contributed by atoms with Gasteiger partial charge in [-0.25, -0.2) is 0 Å².